The van der Waals surface area contributed by atoms with E-state index in [0.717, 1.165) is 30.6 Å². The van der Waals surface area contributed by atoms with E-state index in [4.69, 9.17) is 25.8 Å². The molecule has 0 spiro atoms. The number of nitrogens with one attached hydrogen (secondary N) is 1. The van der Waals surface area contributed by atoms with Gasteiger partial charge in [-0.1, -0.05) is 48.0 Å². The minimum atomic E-state index is -0.643. The summed E-state index contributed by atoms with van der Waals surface area (Å²) >= 11 is 6.24. The van der Waals surface area contributed by atoms with Gasteiger partial charge in [0.1, 0.15) is 5.75 Å². The molecule has 148 valence electrons. The number of carbonyl (C=O) groups excluding carboxylic acids is 2. The molecule has 1 N–H and O–H groups in total. The van der Waals surface area contributed by atoms with E-state index in [1.54, 1.807) is 12.1 Å². The van der Waals surface area contributed by atoms with E-state index in [2.05, 4.69) is 5.32 Å². The van der Waals surface area contributed by atoms with Gasteiger partial charge in [0.25, 0.3) is 5.91 Å². The number of carbonyl (C=O) groups is 2. The van der Waals surface area contributed by atoms with E-state index >= 15 is 0 Å². The second kappa shape index (κ2) is 10.1. The predicted molar refractivity (Wildman–Crippen MR) is 105 cm³/mol. The summed E-state index contributed by atoms with van der Waals surface area (Å²) in [5, 5.41) is 3.07. The van der Waals surface area contributed by atoms with Gasteiger partial charge in [-0.15, -0.1) is 0 Å². The highest BCUT2D eigenvalue weighted by atomic mass is 35.5. The summed E-state index contributed by atoms with van der Waals surface area (Å²) in [5.74, 6) is -0.634. The minimum absolute atomic E-state index is 0.0454. The summed E-state index contributed by atoms with van der Waals surface area (Å²) in [4.78, 5) is 23.5. The Morgan fingerprint density at radius 3 is 2.64 bits per heavy atom. The van der Waals surface area contributed by atoms with Crippen molar-refractivity contribution in [3.8, 4) is 16.9 Å². The first-order valence-electron chi connectivity index (χ1n) is 9.13. The summed E-state index contributed by atoms with van der Waals surface area (Å²) in [5.41, 5.74) is 1.98. The number of benzene rings is 2. The van der Waals surface area contributed by atoms with Crippen LogP contribution in [0.5, 0.6) is 5.75 Å². The lowest BCUT2D eigenvalue weighted by atomic mass is 10.1. The lowest BCUT2D eigenvalue weighted by molar-refractivity contribution is -0.150. The van der Waals surface area contributed by atoms with E-state index < -0.39 is 5.97 Å². The molecule has 28 heavy (non-hydrogen) atoms. The number of hydrogen-bond acceptors (Lipinski definition) is 5. The Morgan fingerprint density at radius 2 is 1.93 bits per heavy atom. The molecule has 6 nitrogen and oxygen atoms in total. The van der Waals surface area contributed by atoms with Crippen LogP contribution in [-0.4, -0.2) is 44.3 Å². The number of ether oxygens (including phenoxy) is 3. The molecule has 1 aliphatic heterocycles. The maximum Gasteiger partial charge on any atom is 0.344 e. The smallest absolute Gasteiger partial charge is 0.344 e. The average molecular weight is 404 g/mol. The van der Waals surface area contributed by atoms with Crippen LogP contribution in [-0.2, 0) is 19.1 Å². The van der Waals surface area contributed by atoms with Crippen LogP contribution in [0, 0.1) is 0 Å². The molecule has 0 aliphatic carbocycles. The van der Waals surface area contributed by atoms with Gasteiger partial charge in [0.15, 0.2) is 13.2 Å². The van der Waals surface area contributed by atoms with Crippen LogP contribution >= 0.6 is 11.6 Å². The van der Waals surface area contributed by atoms with Crippen molar-refractivity contribution >= 4 is 23.5 Å². The Kier molecular flexibility index (Phi) is 7.28. The average Bonchev–Trinajstić information content (AvgIpc) is 3.24. The monoisotopic (exact) mass is 403 g/mol. The summed E-state index contributed by atoms with van der Waals surface area (Å²) in [6, 6.07) is 15.1. The quantitative estimate of drug-likeness (QED) is 0.685. The maximum atomic E-state index is 11.8. The first-order valence-corrected chi connectivity index (χ1v) is 9.51. The third kappa shape index (κ3) is 5.97. The second-order valence-electron chi connectivity index (χ2n) is 6.40. The van der Waals surface area contributed by atoms with E-state index in [-0.39, 0.29) is 25.2 Å². The SMILES string of the molecule is O=C(COC(=O)COc1ccc(-c2ccccc2)cc1Cl)NC[C@@H]1CCCO1. The van der Waals surface area contributed by atoms with E-state index in [0.29, 0.717) is 17.3 Å². The minimum Gasteiger partial charge on any atom is -0.480 e. The van der Waals surface area contributed by atoms with Gasteiger partial charge in [0, 0.05) is 13.2 Å². The lowest BCUT2D eigenvalue weighted by Crippen LogP contribution is -2.35. The fourth-order valence-electron chi connectivity index (χ4n) is 2.84. The molecule has 0 radical (unpaired) electrons. The van der Waals surface area contributed by atoms with Crippen molar-refractivity contribution in [3.63, 3.8) is 0 Å². The normalized spacial score (nSPS) is 15.8. The van der Waals surface area contributed by atoms with Gasteiger partial charge < -0.3 is 19.5 Å². The Morgan fingerprint density at radius 1 is 1.11 bits per heavy atom. The highest BCUT2D eigenvalue weighted by Crippen LogP contribution is 2.30. The van der Waals surface area contributed by atoms with Crippen LogP contribution in [0.2, 0.25) is 5.02 Å². The molecule has 2 aromatic carbocycles. The van der Waals surface area contributed by atoms with Crippen LogP contribution < -0.4 is 10.1 Å². The summed E-state index contributed by atoms with van der Waals surface area (Å²) in [6.07, 6.45) is 1.98. The molecule has 3 rings (SSSR count). The number of esters is 1. The molecule has 0 aromatic heterocycles. The van der Waals surface area contributed by atoms with Gasteiger partial charge in [-0.2, -0.15) is 0 Å². The van der Waals surface area contributed by atoms with Crippen LogP contribution in [0.1, 0.15) is 12.8 Å². The highest BCUT2D eigenvalue weighted by molar-refractivity contribution is 6.32. The summed E-state index contributed by atoms with van der Waals surface area (Å²) in [6.45, 7) is 0.469. The van der Waals surface area contributed by atoms with Gasteiger partial charge in [-0.3, -0.25) is 4.79 Å². The molecule has 1 saturated heterocycles. The van der Waals surface area contributed by atoms with Crippen LogP contribution in [0.4, 0.5) is 0 Å². The maximum absolute atomic E-state index is 11.8. The summed E-state index contributed by atoms with van der Waals surface area (Å²) < 4.78 is 15.7. The third-order valence-electron chi connectivity index (χ3n) is 4.30. The first-order chi connectivity index (χ1) is 13.6. The van der Waals surface area contributed by atoms with Gasteiger partial charge in [-0.25, -0.2) is 4.79 Å². The molecule has 1 atom stereocenters. The van der Waals surface area contributed by atoms with Gasteiger partial charge in [0.05, 0.1) is 11.1 Å². The van der Waals surface area contributed by atoms with E-state index in [1.165, 1.54) is 0 Å². The Bertz CT molecular complexity index is 806. The van der Waals surface area contributed by atoms with Crippen LogP contribution in [0.25, 0.3) is 11.1 Å². The molecular weight excluding hydrogens is 382 g/mol. The van der Waals surface area contributed by atoms with Crippen molar-refractivity contribution in [1.29, 1.82) is 0 Å². The summed E-state index contributed by atoms with van der Waals surface area (Å²) in [7, 11) is 0. The first kappa shape index (κ1) is 20.2. The Balaban J connectivity index is 1.41. The number of hydrogen-bond donors (Lipinski definition) is 1. The van der Waals surface area contributed by atoms with Crippen molar-refractivity contribution in [1.82, 2.24) is 5.32 Å². The molecule has 1 aliphatic rings. The van der Waals surface area contributed by atoms with E-state index in [1.807, 2.05) is 36.4 Å². The topological polar surface area (TPSA) is 73.9 Å². The Labute approximate surface area is 168 Å². The standard InChI is InChI=1S/C21H22ClNO5/c22-18-11-16(15-5-2-1-3-6-15)8-9-19(18)27-14-21(25)28-13-20(24)23-12-17-7-4-10-26-17/h1-3,5-6,8-9,11,17H,4,7,10,12-14H2,(H,23,24)/t17-/m0/s1. The molecule has 2 aromatic rings. The second-order valence-corrected chi connectivity index (χ2v) is 6.81. The van der Waals surface area contributed by atoms with Crippen LogP contribution in [0.3, 0.4) is 0 Å². The molecule has 1 fully saturated rings. The molecule has 0 unspecified atom stereocenters. The molecule has 7 heteroatoms. The molecule has 0 saturated carbocycles. The predicted octanol–water partition coefficient (Wildman–Crippen LogP) is 3.22. The van der Waals surface area contributed by atoms with Crippen molar-refractivity contribution < 1.29 is 23.8 Å². The Hall–Kier alpha value is -2.57. The van der Waals surface area contributed by atoms with Crippen molar-refractivity contribution in [2.75, 3.05) is 26.4 Å². The zero-order valence-corrected chi connectivity index (χ0v) is 16.1. The van der Waals surface area contributed by atoms with E-state index in [9.17, 15) is 9.59 Å². The fraction of sp³-hybridized carbons (Fsp3) is 0.333. The zero-order chi connectivity index (χ0) is 19.8. The third-order valence-corrected chi connectivity index (χ3v) is 4.60. The highest BCUT2D eigenvalue weighted by Gasteiger charge is 2.17. The van der Waals surface area contributed by atoms with Crippen LogP contribution in [0.15, 0.2) is 48.5 Å². The molecule has 0 bridgehead atoms. The largest absolute Gasteiger partial charge is 0.480 e. The molecular formula is C21H22ClNO5. The van der Waals surface area contributed by atoms with Crippen molar-refractivity contribution in [2.24, 2.45) is 0 Å². The lowest BCUT2D eigenvalue weighted by Gasteiger charge is -2.12. The van der Waals surface area contributed by atoms with Gasteiger partial charge in [-0.05, 0) is 36.1 Å². The fourth-order valence-corrected chi connectivity index (χ4v) is 3.07. The number of halogens is 1. The zero-order valence-electron chi connectivity index (χ0n) is 15.4. The molecule has 1 heterocycles. The number of amides is 1. The molecule has 1 amide bonds. The van der Waals surface area contributed by atoms with Crippen molar-refractivity contribution in [3.05, 3.63) is 53.6 Å². The van der Waals surface area contributed by atoms with Gasteiger partial charge in [0.2, 0.25) is 0 Å². The van der Waals surface area contributed by atoms with Crippen molar-refractivity contribution in [2.45, 2.75) is 18.9 Å². The number of rotatable bonds is 8. The van der Waals surface area contributed by atoms with Gasteiger partial charge >= 0.3 is 5.97 Å².